The fourth-order valence-electron chi connectivity index (χ4n) is 2.49. The van der Waals surface area contributed by atoms with Gasteiger partial charge in [0.2, 0.25) is 17.8 Å². The van der Waals surface area contributed by atoms with E-state index in [1.807, 2.05) is 0 Å². The summed E-state index contributed by atoms with van der Waals surface area (Å²) in [7, 11) is 0. The van der Waals surface area contributed by atoms with Gasteiger partial charge in [-0.25, -0.2) is 0 Å². The third-order valence-electron chi connectivity index (χ3n) is 4.07. The molecular formula is C15H28N6. The highest BCUT2D eigenvalue weighted by atomic mass is 15.3. The summed E-state index contributed by atoms with van der Waals surface area (Å²) in [5.41, 5.74) is 0.143. The lowest BCUT2D eigenvalue weighted by molar-refractivity contribution is 0.304. The van der Waals surface area contributed by atoms with Gasteiger partial charge in [-0.05, 0) is 46.5 Å². The monoisotopic (exact) mass is 292 g/mol. The lowest BCUT2D eigenvalue weighted by atomic mass is 9.79. The molecule has 2 rings (SSSR count). The number of nitrogens with one attached hydrogen (secondary N) is 2. The molecule has 0 saturated heterocycles. The largest absolute Gasteiger partial charge is 0.354 e. The summed E-state index contributed by atoms with van der Waals surface area (Å²) >= 11 is 0. The van der Waals surface area contributed by atoms with Gasteiger partial charge in [-0.15, -0.1) is 0 Å². The van der Waals surface area contributed by atoms with Crippen LogP contribution in [0.15, 0.2) is 0 Å². The Morgan fingerprint density at radius 2 is 1.71 bits per heavy atom. The second-order valence-corrected chi connectivity index (χ2v) is 5.92. The highest BCUT2D eigenvalue weighted by molar-refractivity contribution is 5.45. The average Bonchev–Trinajstić information content (AvgIpc) is 2.44. The smallest absolute Gasteiger partial charge is 0.231 e. The van der Waals surface area contributed by atoms with Gasteiger partial charge >= 0.3 is 0 Å². The molecule has 0 amide bonds. The quantitative estimate of drug-likeness (QED) is 0.768. The standard InChI is InChI=1S/C15H28N6/c1-5-11-16-12-17-13(20-15(4)9-8-10-15)19-14(18-12)21(6-2)7-3/h5-11H2,1-4H3,(H2,16,17,18,19,20). The normalized spacial score (nSPS) is 16.2. The summed E-state index contributed by atoms with van der Waals surface area (Å²) in [6.07, 6.45) is 4.68. The topological polar surface area (TPSA) is 66.0 Å². The maximum absolute atomic E-state index is 4.60. The van der Waals surface area contributed by atoms with Gasteiger partial charge in [-0.1, -0.05) is 6.92 Å². The third kappa shape index (κ3) is 3.95. The fraction of sp³-hybridized carbons (Fsp3) is 0.800. The van der Waals surface area contributed by atoms with E-state index in [1.165, 1.54) is 19.3 Å². The summed E-state index contributed by atoms with van der Waals surface area (Å²) < 4.78 is 0. The molecule has 21 heavy (non-hydrogen) atoms. The van der Waals surface area contributed by atoms with Crippen molar-refractivity contribution >= 4 is 17.8 Å². The van der Waals surface area contributed by atoms with Crippen molar-refractivity contribution in [3.8, 4) is 0 Å². The summed E-state index contributed by atoms with van der Waals surface area (Å²) in [6.45, 7) is 11.3. The van der Waals surface area contributed by atoms with Crippen LogP contribution in [0.4, 0.5) is 17.8 Å². The van der Waals surface area contributed by atoms with Crippen LogP contribution in [0, 0.1) is 0 Å². The first-order chi connectivity index (χ1) is 10.1. The molecule has 1 fully saturated rings. The minimum atomic E-state index is 0.143. The second-order valence-electron chi connectivity index (χ2n) is 5.92. The van der Waals surface area contributed by atoms with Crippen LogP contribution in [0.1, 0.15) is 53.4 Å². The van der Waals surface area contributed by atoms with Crippen molar-refractivity contribution < 1.29 is 0 Å². The van der Waals surface area contributed by atoms with Gasteiger partial charge in [-0.2, -0.15) is 15.0 Å². The van der Waals surface area contributed by atoms with Gasteiger partial charge in [0.05, 0.1) is 0 Å². The first kappa shape index (κ1) is 15.8. The Labute approximate surface area is 127 Å². The van der Waals surface area contributed by atoms with Gasteiger partial charge in [-0.3, -0.25) is 0 Å². The van der Waals surface area contributed by atoms with E-state index < -0.39 is 0 Å². The molecule has 1 aromatic heterocycles. The average molecular weight is 292 g/mol. The zero-order valence-corrected chi connectivity index (χ0v) is 13.7. The van der Waals surface area contributed by atoms with Crippen molar-refractivity contribution in [1.29, 1.82) is 0 Å². The van der Waals surface area contributed by atoms with E-state index >= 15 is 0 Å². The molecule has 1 aromatic rings. The number of nitrogens with zero attached hydrogens (tertiary/aromatic N) is 4. The number of rotatable bonds is 8. The van der Waals surface area contributed by atoms with Crippen LogP contribution in [0.5, 0.6) is 0 Å². The Kier molecular flexibility index (Phi) is 5.20. The highest BCUT2D eigenvalue weighted by Gasteiger charge is 2.32. The molecule has 1 aliphatic carbocycles. The molecule has 0 aliphatic heterocycles. The summed E-state index contributed by atoms with van der Waals surface area (Å²) in [6, 6.07) is 0. The first-order valence-corrected chi connectivity index (χ1v) is 8.13. The minimum Gasteiger partial charge on any atom is -0.354 e. The van der Waals surface area contributed by atoms with Crippen molar-refractivity contribution in [2.24, 2.45) is 0 Å². The Balaban J connectivity index is 2.22. The second kappa shape index (κ2) is 6.91. The molecule has 1 saturated carbocycles. The SMILES string of the molecule is CCCNc1nc(NC2(C)CCC2)nc(N(CC)CC)n1. The van der Waals surface area contributed by atoms with Crippen molar-refractivity contribution in [1.82, 2.24) is 15.0 Å². The van der Waals surface area contributed by atoms with Crippen molar-refractivity contribution in [3.05, 3.63) is 0 Å². The predicted molar refractivity (Wildman–Crippen MR) is 88.0 cm³/mol. The van der Waals surface area contributed by atoms with E-state index in [1.54, 1.807) is 0 Å². The maximum atomic E-state index is 4.60. The molecule has 1 heterocycles. The van der Waals surface area contributed by atoms with E-state index in [0.717, 1.165) is 32.0 Å². The van der Waals surface area contributed by atoms with Crippen LogP contribution in [-0.2, 0) is 0 Å². The van der Waals surface area contributed by atoms with Crippen molar-refractivity contribution in [3.63, 3.8) is 0 Å². The van der Waals surface area contributed by atoms with Crippen LogP contribution in [0.3, 0.4) is 0 Å². The Morgan fingerprint density at radius 3 is 2.24 bits per heavy atom. The molecule has 118 valence electrons. The van der Waals surface area contributed by atoms with E-state index in [2.05, 4.69) is 58.2 Å². The van der Waals surface area contributed by atoms with Gasteiger partial charge in [0.15, 0.2) is 0 Å². The molecule has 6 heteroatoms. The maximum Gasteiger partial charge on any atom is 0.231 e. The summed E-state index contributed by atoms with van der Waals surface area (Å²) in [5.74, 6) is 2.10. The molecular weight excluding hydrogens is 264 g/mol. The highest BCUT2D eigenvalue weighted by Crippen LogP contribution is 2.34. The van der Waals surface area contributed by atoms with E-state index in [4.69, 9.17) is 0 Å². The van der Waals surface area contributed by atoms with Crippen molar-refractivity contribution in [2.75, 3.05) is 35.2 Å². The lowest BCUT2D eigenvalue weighted by Gasteiger charge is -2.39. The first-order valence-electron chi connectivity index (χ1n) is 8.13. The molecule has 2 N–H and O–H groups in total. The zero-order valence-electron chi connectivity index (χ0n) is 13.7. The van der Waals surface area contributed by atoms with Crippen LogP contribution in [0.2, 0.25) is 0 Å². The fourth-order valence-corrected chi connectivity index (χ4v) is 2.49. The lowest BCUT2D eigenvalue weighted by Crippen LogP contribution is -2.42. The van der Waals surface area contributed by atoms with Gasteiger partial charge in [0.25, 0.3) is 0 Å². The molecule has 0 spiro atoms. The molecule has 6 nitrogen and oxygen atoms in total. The predicted octanol–water partition coefficient (Wildman–Crippen LogP) is 2.89. The molecule has 0 atom stereocenters. The van der Waals surface area contributed by atoms with Gasteiger partial charge in [0.1, 0.15) is 0 Å². The van der Waals surface area contributed by atoms with Gasteiger partial charge in [0, 0.05) is 25.2 Å². The minimum absolute atomic E-state index is 0.143. The van der Waals surface area contributed by atoms with Crippen LogP contribution in [-0.4, -0.2) is 40.1 Å². The Bertz CT molecular complexity index is 453. The Morgan fingerprint density at radius 1 is 1.05 bits per heavy atom. The van der Waals surface area contributed by atoms with Gasteiger partial charge < -0.3 is 15.5 Å². The number of hydrogen-bond acceptors (Lipinski definition) is 6. The summed E-state index contributed by atoms with van der Waals surface area (Å²) in [4.78, 5) is 15.8. The number of anilines is 3. The molecule has 0 aromatic carbocycles. The molecule has 1 aliphatic rings. The van der Waals surface area contributed by atoms with E-state index in [0.29, 0.717) is 11.9 Å². The Hall–Kier alpha value is -1.59. The van der Waals surface area contributed by atoms with Crippen LogP contribution < -0.4 is 15.5 Å². The van der Waals surface area contributed by atoms with Crippen LogP contribution in [0.25, 0.3) is 0 Å². The third-order valence-corrected chi connectivity index (χ3v) is 4.07. The molecule has 0 radical (unpaired) electrons. The number of hydrogen-bond donors (Lipinski definition) is 2. The molecule has 0 bridgehead atoms. The van der Waals surface area contributed by atoms with Crippen LogP contribution >= 0.6 is 0 Å². The van der Waals surface area contributed by atoms with Crippen molar-refractivity contribution in [2.45, 2.75) is 58.9 Å². The number of aromatic nitrogens is 3. The summed E-state index contributed by atoms with van der Waals surface area (Å²) in [5, 5.41) is 6.76. The van der Waals surface area contributed by atoms with E-state index in [-0.39, 0.29) is 5.54 Å². The van der Waals surface area contributed by atoms with E-state index in [9.17, 15) is 0 Å². The zero-order chi connectivity index (χ0) is 15.3. The molecule has 0 unspecified atom stereocenters.